The summed E-state index contributed by atoms with van der Waals surface area (Å²) in [5, 5.41) is 4.10. The van der Waals surface area contributed by atoms with Crippen LogP contribution in [0.15, 0.2) is 34.9 Å². The first-order valence-corrected chi connectivity index (χ1v) is 7.71. The van der Waals surface area contributed by atoms with Crippen LogP contribution < -0.4 is 10.6 Å². The normalized spacial score (nSPS) is 17.5. The van der Waals surface area contributed by atoms with Gasteiger partial charge in [0.05, 0.1) is 6.04 Å². The SMILES string of the molecule is N[C@H](Cc1ccccc1)c1nc(N2CCCCCC2)no1. The van der Waals surface area contributed by atoms with E-state index in [9.17, 15) is 0 Å². The number of hydrogen-bond acceptors (Lipinski definition) is 5. The predicted molar refractivity (Wildman–Crippen MR) is 82.1 cm³/mol. The van der Waals surface area contributed by atoms with Crippen LogP contribution >= 0.6 is 0 Å². The number of nitrogens with zero attached hydrogens (tertiary/aromatic N) is 3. The van der Waals surface area contributed by atoms with Gasteiger partial charge in [-0.2, -0.15) is 4.98 Å². The lowest BCUT2D eigenvalue weighted by molar-refractivity contribution is 0.353. The largest absolute Gasteiger partial charge is 0.338 e. The standard InChI is InChI=1S/C16H22N4O/c17-14(12-13-8-4-3-5-9-13)15-18-16(19-21-15)20-10-6-1-2-7-11-20/h3-5,8-9,14H,1-2,6-7,10-12,17H2/t14-/m1/s1. The summed E-state index contributed by atoms with van der Waals surface area (Å²) in [6.07, 6.45) is 5.67. The summed E-state index contributed by atoms with van der Waals surface area (Å²) in [4.78, 5) is 6.70. The molecule has 5 nitrogen and oxygen atoms in total. The van der Waals surface area contributed by atoms with Crippen LogP contribution in [0.2, 0.25) is 0 Å². The lowest BCUT2D eigenvalue weighted by atomic mass is 10.1. The van der Waals surface area contributed by atoms with Gasteiger partial charge in [-0.1, -0.05) is 43.2 Å². The van der Waals surface area contributed by atoms with Crippen LogP contribution in [0.4, 0.5) is 5.95 Å². The molecule has 0 radical (unpaired) electrons. The minimum Gasteiger partial charge on any atom is -0.338 e. The molecule has 2 aromatic rings. The van der Waals surface area contributed by atoms with E-state index in [-0.39, 0.29) is 6.04 Å². The lowest BCUT2D eigenvalue weighted by Crippen LogP contribution is -2.25. The van der Waals surface area contributed by atoms with Crippen LogP contribution in [0.1, 0.15) is 43.2 Å². The van der Waals surface area contributed by atoms with Crippen LogP contribution in [-0.4, -0.2) is 23.2 Å². The Morgan fingerprint density at radius 1 is 1.10 bits per heavy atom. The molecule has 2 N–H and O–H groups in total. The molecule has 1 saturated heterocycles. The van der Waals surface area contributed by atoms with Gasteiger partial charge in [-0.3, -0.25) is 0 Å². The van der Waals surface area contributed by atoms with Crippen molar-refractivity contribution in [1.29, 1.82) is 0 Å². The van der Waals surface area contributed by atoms with Crippen LogP contribution in [0.25, 0.3) is 0 Å². The molecule has 1 aliphatic rings. The zero-order chi connectivity index (χ0) is 14.5. The molecule has 2 heterocycles. The van der Waals surface area contributed by atoms with Gasteiger partial charge in [-0.05, 0) is 30.0 Å². The summed E-state index contributed by atoms with van der Waals surface area (Å²) in [6, 6.07) is 9.90. The molecule has 1 atom stereocenters. The zero-order valence-corrected chi connectivity index (χ0v) is 12.2. The number of aromatic nitrogens is 2. The smallest absolute Gasteiger partial charge is 0.266 e. The third-order valence-corrected chi connectivity index (χ3v) is 3.94. The van der Waals surface area contributed by atoms with Gasteiger partial charge < -0.3 is 15.2 Å². The Morgan fingerprint density at radius 2 is 1.81 bits per heavy atom. The Bertz CT molecular complexity index is 546. The third kappa shape index (κ3) is 3.61. The number of benzene rings is 1. The fourth-order valence-corrected chi connectivity index (χ4v) is 2.73. The van der Waals surface area contributed by atoms with E-state index in [1.807, 2.05) is 18.2 Å². The number of anilines is 1. The fourth-order valence-electron chi connectivity index (χ4n) is 2.73. The van der Waals surface area contributed by atoms with Crippen molar-refractivity contribution in [3.8, 4) is 0 Å². The van der Waals surface area contributed by atoms with Crippen LogP contribution in [0.5, 0.6) is 0 Å². The van der Waals surface area contributed by atoms with Crippen molar-refractivity contribution in [2.24, 2.45) is 5.73 Å². The highest BCUT2D eigenvalue weighted by molar-refractivity contribution is 5.28. The topological polar surface area (TPSA) is 68.2 Å². The zero-order valence-electron chi connectivity index (χ0n) is 12.2. The molecule has 0 aliphatic carbocycles. The van der Waals surface area contributed by atoms with Gasteiger partial charge in [-0.15, -0.1) is 0 Å². The summed E-state index contributed by atoms with van der Waals surface area (Å²) in [5.74, 6) is 1.22. The van der Waals surface area contributed by atoms with Crippen molar-refractivity contribution in [3.63, 3.8) is 0 Å². The molecule has 1 aromatic carbocycles. The molecule has 0 spiro atoms. The Balaban J connectivity index is 1.66. The van der Waals surface area contributed by atoms with Crippen molar-refractivity contribution in [2.45, 2.75) is 38.1 Å². The van der Waals surface area contributed by atoms with E-state index in [1.165, 1.54) is 31.2 Å². The van der Waals surface area contributed by atoms with E-state index in [0.29, 0.717) is 18.3 Å². The van der Waals surface area contributed by atoms with Gasteiger partial charge >= 0.3 is 0 Å². The third-order valence-electron chi connectivity index (χ3n) is 3.94. The van der Waals surface area contributed by atoms with E-state index >= 15 is 0 Å². The summed E-state index contributed by atoms with van der Waals surface area (Å²) < 4.78 is 5.36. The summed E-state index contributed by atoms with van der Waals surface area (Å²) >= 11 is 0. The van der Waals surface area contributed by atoms with Gasteiger partial charge in [-0.25, -0.2) is 0 Å². The van der Waals surface area contributed by atoms with Crippen molar-refractivity contribution < 1.29 is 4.52 Å². The molecule has 1 aliphatic heterocycles. The van der Waals surface area contributed by atoms with Gasteiger partial charge in [0.25, 0.3) is 5.95 Å². The lowest BCUT2D eigenvalue weighted by Gasteiger charge is -2.16. The van der Waals surface area contributed by atoms with Crippen molar-refractivity contribution in [3.05, 3.63) is 41.8 Å². The first-order valence-electron chi connectivity index (χ1n) is 7.71. The molecule has 112 valence electrons. The van der Waals surface area contributed by atoms with Gasteiger partial charge in [0.2, 0.25) is 5.89 Å². The van der Waals surface area contributed by atoms with Crippen LogP contribution in [0, 0.1) is 0 Å². The highest BCUT2D eigenvalue weighted by atomic mass is 16.5. The molecule has 0 amide bonds. The van der Waals surface area contributed by atoms with Crippen molar-refractivity contribution >= 4 is 5.95 Å². The second-order valence-electron chi connectivity index (χ2n) is 5.63. The summed E-state index contributed by atoms with van der Waals surface area (Å²) in [5.41, 5.74) is 7.37. The molecular weight excluding hydrogens is 264 g/mol. The second kappa shape index (κ2) is 6.72. The quantitative estimate of drug-likeness (QED) is 0.936. The van der Waals surface area contributed by atoms with Gasteiger partial charge in [0.15, 0.2) is 0 Å². The van der Waals surface area contributed by atoms with E-state index in [4.69, 9.17) is 10.3 Å². The number of hydrogen-bond donors (Lipinski definition) is 1. The Labute approximate surface area is 125 Å². The molecular formula is C16H22N4O. The maximum absolute atomic E-state index is 6.19. The molecule has 0 bridgehead atoms. The number of rotatable bonds is 4. The summed E-state index contributed by atoms with van der Waals surface area (Å²) in [7, 11) is 0. The molecule has 21 heavy (non-hydrogen) atoms. The average molecular weight is 286 g/mol. The maximum atomic E-state index is 6.19. The van der Waals surface area contributed by atoms with Gasteiger partial charge in [0, 0.05) is 13.1 Å². The van der Waals surface area contributed by atoms with Crippen LogP contribution in [-0.2, 0) is 6.42 Å². The van der Waals surface area contributed by atoms with Crippen molar-refractivity contribution in [1.82, 2.24) is 10.1 Å². The minimum absolute atomic E-state index is 0.249. The first-order chi connectivity index (χ1) is 10.3. The highest BCUT2D eigenvalue weighted by Gasteiger charge is 2.19. The van der Waals surface area contributed by atoms with E-state index in [1.54, 1.807) is 0 Å². The molecule has 3 rings (SSSR count). The number of nitrogens with two attached hydrogens (primary N) is 1. The molecule has 5 heteroatoms. The van der Waals surface area contributed by atoms with Crippen molar-refractivity contribution in [2.75, 3.05) is 18.0 Å². The minimum atomic E-state index is -0.249. The summed E-state index contributed by atoms with van der Waals surface area (Å²) in [6.45, 7) is 2.01. The first kappa shape index (κ1) is 14.1. The van der Waals surface area contributed by atoms with Crippen LogP contribution in [0.3, 0.4) is 0 Å². The maximum Gasteiger partial charge on any atom is 0.266 e. The Kier molecular flexibility index (Phi) is 4.50. The van der Waals surface area contributed by atoms with E-state index in [0.717, 1.165) is 13.1 Å². The molecule has 0 unspecified atom stereocenters. The predicted octanol–water partition coefficient (Wildman–Crippen LogP) is 2.69. The monoisotopic (exact) mass is 286 g/mol. The van der Waals surface area contributed by atoms with E-state index < -0.39 is 0 Å². The molecule has 0 saturated carbocycles. The Morgan fingerprint density at radius 3 is 2.52 bits per heavy atom. The van der Waals surface area contributed by atoms with Gasteiger partial charge in [0.1, 0.15) is 0 Å². The second-order valence-corrected chi connectivity index (χ2v) is 5.63. The Hall–Kier alpha value is -1.88. The highest BCUT2D eigenvalue weighted by Crippen LogP contribution is 2.20. The molecule has 1 aromatic heterocycles. The fraction of sp³-hybridized carbons (Fsp3) is 0.500. The molecule has 1 fully saturated rings. The average Bonchev–Trinajstić information content (AvgIpc) is 2.85. The van der Waals surface area contributed by atoms with E-state index in [2.05, 4.69) is 27.2 Å².